The predicted octanol–water partition coefficient (Wildman–Crippen LogP) is 0.793. The normalized spacial score (nSPS) is 27.6. The van der Waals surface area contributed by atoms with E-state index in [1.165, 1.54) is 0 Å². The summed E-state index contributed by atoms with van der Waals surface area (Å²) in [5, 5.41) is 16.9. The van der Waals surface area contributed by atoms with E-state index in [1.807, 2.05) is 4.68 Å². The molecule has 7 nitrogen and oxygen atoms in total. The highest BCUT2D eigenvalue weighted by Crippen LogP contribution is 2.57. The van der Waals surface area contributed by atoms with E-state index < -0.39 is 15.4 Å². The largest absolute Gasteiger partial charge is 0.394 e. The molecule has 0 aromatic carbocycles. The average molecular weight is 367 g/mol. The molecule has 2 fully saturated rings. The number of rotatable bonds is 4. The van der Waals surface area contributed by atoms with Crippen LogP contribution in [0.4, 0.5) is 0 Å². The lowest BCUT2D eigenvalue weighted by Gasteiger charge is -2.24. The monoisotopic (exact) mass is 367 g/mol. The van der Waals surface area contributed by atoms with Crippen LogP contribution < -0.4 is 5.32 Å². The number of aliphatic hydroxyl groups excluding tert-OH is 1. The van der Waals surface area contributed by atoms with Crippen LogP contribution in [0.15, 0.2) is 0 Å². The first kappa shape index (κ1) is 17.0. The molecule has 1 aromatic rings. The van der Waals surface area contributed by atoms with Gasteiger partial charge in [-0.2, -0.15) is 5.10 Å². The van der Waals surface area contributed by atoms with Gasteiger partial charge in [-0.3, -0.25) is 9.48 Å². The molecule has 1 amide bonds. The third kappa shape index (κ3) is 2.99. The first-order chi connectivity index (χ1) is 11.7. The predicted molar refractivity (Wildman–Crippen MR) is 92.3 cm³/mol. The molecule has 3 aliphatic rings. The van der Waals surface area contributed by atoms with E-state index in [9.17, 15) is 18.3 Å². The second kappa shape index (κ2) is 5.54. The van der Waals surface area contributed by atoms with Gasteiger partial charge in [-0.15, -0.1) is 0 Å². The summed E-state index contributed by atoms with van der Waals surface area (Å²) in [7, 11) is -2.93. The molecule has 8 heteroatoms. The molecule has 2 heterocycles. The maximum atomic E-state index is 12.7. The van der Waals surface area contributed by atoms with Crippen LogP contribution in [0, 0.1) is 5.92 Å². The van der Waals surface area contributed by atoms with E-state index in [2.05, 4.69) is 10.4 Å². The number of nitrogens with one attached hydrogen (secondary N) is 1. The van der Waals surface area contributed by atoms with Crippen molar-refractivity contribution in [2.45, 2.75) is 57.0 Å². The maximum Gasteiger partial charge on any atom is 0.272 e. The molecule has 0 spiro atoms. The van der Waals surface area contributed by atoms with Crippen LogP contribution in [0.3, 0.4) is 0 Å². The fourth-order valence-corrected chi connectivity index (χ4v) is 5.60. The summed E-state index contributed by atoms with van der Waals surface area (Å²) in [6.07, 6.45) is 3.16. The lowest BCUT2D eigenvalue weighted by Crippen LogP contribution is -2.46. The molecule has 1 saturated heterocycles. The van der Waals surface area contributed by atoms with Crippen molar-refractivity contribution >= 4 is 15.7 Å². The summed E-state index contributed by atoms with van der Waals surface area (Å²) in [5.41, 5.74) is 1.94. The number of amides is 1. The van der Waals surface area contributed by atoms with Crippen molar-refractivity contribution in [1.82, 2.24) is 15.1 Å². The molecule has 2 atom stereocenters. The zero-order chi connectivity index (χ0) is 18.0. The topological polar surface area (TPSA) is 101 Å². The number of hydrogen-bond donors (Lipinski definition) is 2. The Morgan fingerprint density at radius 2 is 2.04 bits per heavy atom. The van der Waals surface area contributed by atoms with Crippen LogP contribution in [-0.2, 0) is 16.3 Å². The number of hydrogen-bond acceptors (Lipinski definition) is 5. The van der Waals surface area contributed by atoms with Gasteiger partial charge in [0.15, 0.2) is 5.69 Å². The number of aromatic nitrogens is 2. The molecule has 1 aromatic heterocycles. The smallest absolute Gasteiger partial charge is 0.272 e. The van der Waals surface area contributed by atoms with Crippen LogP contribution in [-0.4, -0.2) is 52.9 Å². The lowest BCUT2D eigenvalue weighted by molar-refractivity contribution is 0.0862. The van der Waals surface area contributed by atoms with Gasteiger partial charge >= 0.3 is 0 Å². The van der Waals surface area contributed by atoms with Crippen LogP contribution in [0.25, 0.3) is 0 Å². The minimum atomic E-state index is -2.93. The zero-order valence-corrected chi connectivity index (χ0v) is 15.5. The van der Waals surface area contributed by atoms with Gasteiger partial charge in [-0.25, -0.2) is 8.42 Å². The van der Waals surface area contributed by atoms with Gasteiger partial charge in [0.25, 0.3) is 5.91 Å². The van der Waals surface area contributed by atoms with Crippen molar-refractivity contribution in [3.05, 3.63) is 17.0 Å². The number of aliphatic hydroxyl groups is 1. The Labute approximate surface area is 147 Å². The summed E-state index contributed by atoms with van der Waals surface area (Å²) in [5.74, 6) is 1.23. The quantitative estimate of drug-likeness (QED) is 0.819. The van der Waals surface area contributed by atoms with Gasteiger partial charge < -0.3 is 10.4 Å². The molecule has 25 heavy (non-hydrogen) atoms. The Balaban J connectivity index is 1.65. The van der Waals surface area contributed by atoms with Crippen molar-refractivity contribution < 1.29 is 18.3 Å². The third-order valence-electron chi connectivity index (χ3n) is 5.72. The Kier molecular flexibility index (Phi) is 3.77. The van der Waals surface area contributed by atoms with Gasteiger partial charge in [-0.05, 0) is 45.4 Å². The number of carbonyl (C=O) groups excluding carboxylic acids is 1. The first-order valence-electron chi connectivity index (χ1n) is 8.96. The summed E-state index contributed by atoms with van der Waals surface area (Å²) in [6.45, 7) is 3.39. The Morgan fingerprint density at radius 3 is 2.68 bits per heavy atom. The van der Waals surface area contributed by atoms with Crippen molar-refractivity contribution in [3.63, 3.8) is 0 Å². The maximum absolute atomic E-state index is 12.7. The number of sulfone groups is 1. The van der Waals surface area contributed by atoms with Crippen LogP contribution in [0.1, 0.15) is 66.8 Å². The third-order valence-corrected chi connectivity index (χ3v) is 7.44. The molecule has 4 rings (SSSR count). The second-order valence-corrected chi connectivity index (χ2v) is 10.6. The highest BCUT2D eigenvalue weighted by Gasteiger charge is 2.51. The van der Waals surface area contributed by atoms with E-state index >= 15 is 0 Å². The second-order valence-electron chi connectivity index (χ2n) is 8.34. The van der Waals surface area contributed by atoms with E-state index in [-0.39, 0.29) is 30.1 Å². The fourth-order valence-electron chi connectivity index (χ4n) is 4.14. The van der Waals surface area contributed by atoms with Crippen LogP contribution in [0.5, 0.6) is 0 Å². The molecule has 1 saturated carbocycles. The number of nitrogens with zero attached hydrogens (tertiary/aromatic N) is 2. The molecular formula is C17H25N3O4S. The van der Waals surface area contributed by atoms with E-state index in [0.29, 0.717) is 30.4 Å². The van der Waals surface area contributed by atoms with Crippen LogP contribution in [0.2, 0.25) is 0 Å². The zero-order valence-electron chi connectivity index (χ0n) is 14.7. The summed E-state index contributed by atoms with van der Waals surface area (Å²) >= 11 is 0. The molecule has 0 radical (unpaired) electrons. The average Bonchev–Trinajstić information content (AvgIpc) is 3.04. The standard InChI is InChI=1S/C17H25N3O4S/c1-17(2,9-21)18-16(22)14-13-8-10-7-12(10)15(13)20(19-14)11-3-5-25(23,24)6-4-11/h10-12,21H,3-9H2,1-2H3,(H,18,22)/t10-,12-/m1/s1. The molecule has 2 aliphatic carbocycles. The highest BCUT2D eigenvalue weighted by atomic mass is 32.2. The van der Waals surface area contributed by atoms with Crippen molar-refractivity contribution in [1.29, 1.82) is 0 Å². The Bertz CT molecular complexity index is 813. The Hall–Kier alpha value is -1.41. The first-order valence-corrected chi connectivity index (χ1v) is 10.8. The summed E-state index contributed by atoms with van der Waals surface area (Å²) in [4.78, 5) is 12.7. The number of fused-ring (bicyclic) bond motifs is 3. The van der Waals surface area contributed by atoms with Gasteiger partial charge in [0.1, 0.15) is 9.84 Å². The summed E-state index contributed by atoms with van der Waals surface area (Å²) in [6, 6.07) is 0.0593. The molecule has 2 N–H and O–H groups in total. The van der Waals surface area contributed by atoms with E-state index in [0.717, 1.165) is 24.1 Å². The number of carbonyl (C=O) groups is 1. The van der Waals surface area contributed by atoms with Gasteiger partial charge in [0.05, 0.1) is 29.7 Å². The molecule has 0 bridgehead atoms. The minimum absolute atomic E-state index is 0.0593. The van der Waals surface area contributed by atoms with Crippen molar-refractivity contribution in [3.8, 4) is 0 Å². The fraction of sp³-hybridized carbons (Fsp3) is 0.765. The lowest BCUT2D eigenvalue weighted by atomic mass is 10.1. The van der Waals surface area contributed by atoms with E-state index in [4.69, 9.17) is 0 Å². The molecule has 1 aliphatic heterocycles. The molecule has 138 valence electrons. The summed E-state index contributed by atoms with van der Waals surface area (Å²) < 4.78 is 25.4. The Morgan fingerprint density at radius 1 is 1.36 bits per heavy atom. The van der Waals surface area contributed by atoms with Gasteiger partial charge in [0.2, 0.25) is 0 Å². The van der Waals surface area contributed by atoms with E-state index in [1.54, 1.807) is 13.8 Å². The molecular weight excluding hydrogens is 342 g/mol. The van der Waals surface area contributed by atoms with Crippen molar-refractivity contribution in [2.75, 3.05) is 18.1 Å². The van der Waals surface area contributed by atoms with Crippen molar-refractivity contribution in [2.24, 2.45) is 5.92 Å². The SMILES string of the molecule is CC(C)(CO)NC(=O)c1nn(C2CCS(=O)(=O)CC2)c2c1C[C@H]1C[C@@H]21. The van der Waals surface area contributed by atoms with Gasteiger partial charge in [0, 0.05) is 17.2 Å². The van der Waals surface area contributed by atoms with Gasteiger partial charge in [-0.1, -0.05) is 0 Å². The van der Waals surface area contributed by atoms with Crippen LogP contribution >= 0.6 is 0 Å². The highest BCUT2D eigenvalue weighted by molar-refractivity contribution is 7.91. The minimum Gasteiger partial charge on any atom is -0.394 e. The molecule has 0 unspecified atom stereocenters.